The standard InChI is InChI=1S/C24H34O5/c1-12(2)14-11-24-9-6-15-22(3,7-5-8-23(15,4)21(27)28)16(24)10-13(14)17-18(24)20(26)29-19(17)25/h12-18H,5-11H2,1-4H3,(H,27,28). The van der Waals surface area contributed by atoms with Gasteiger partial charge in [0.1, 0.15) is 0 Å². The van der Waals surface area contributed by atoms with Crippen molar-refractivity contribution in [3.8, 4) is 0 Å². The molecule has 29 heavy (non-hydrogen) atoms. The normalized spacial score (nSPS) is 53.3. The zero-order chi connectivity index (χ0) is 20.9. The molecule has 1 aliphatic heterocycles. The van der Waals surface area contributed by atoms with Crippen molar-refractivity contribution in [3.05, 3.63) is 0 Å². The summed E-state index contributed by atoms with van der Waals surface area (Å²) in [5, 5.41) is 10.1. The zero-order valence-corrected chi connectivity index (χ0v) is 18.1. The minimum atomic E-state index is -0.686. The van der Waals surface area contributed by atoms with Crippen molar-refractivity contribution in [1.82, 2.24) is 0 Å². The van der Waals surface area contributed by atoms with Crippen LogP contribution in [0.4, 0.5) is 0 Å². The fourth-order valence-corrected chi connectivity index (χ4v) is 9.43. The fraction of sp³-hybridized carbons (Fsp3) is 0.875. The van der Waals surface area contributed by atoms with Crippen LogP contribution in [-0.4, -0.2) is 23.0 Å². The summed E-state index contributed by atoms with van der Waals surface area (Å²) in [5.74, 6) is -0.260. The Balaban J connectivity index is 1.63. The maximum Gasteiger partial charge on any atom is 0.318 e. The van der Waals surface area contributed by atoms with E-state index in [9.17, 15) is 19.5 Å². The molecule has 0 aromatic rings. The fourth-order valence-electron chi connectivity index (χ4n) is 9.43. The van der Waals surface area contributed by atoms with E-state index in [1.54, 1.807) is 0 Å². The lowest BCUT2D eigenvalue weighted by molar-refractivity contribution is -0.235. The van der Waals surface area contributed by atoms with E-state index in [1.807, 2.05) is 6.92 Å². The number of carbonyl (C=O) groups is 3. The van der Waals surface area contributed by atoms with Gasteiger partial charge in [0, 0.05) is 0 Å². The summed E-state index contributed by atoms with van der Waals surface area (Å²) in [6.07, 6.45) is 6.36. The van der Waals surface area contributed by atoms with Crippen LogP contribution in [-0.2, 0) is 19.1 Å². The van der Waals surface area contributed by atoms with Crippen LogP contribution in [0.5, 0.6) is 0 Å². The van der Waals surface area contributed by atoms with Crippen LogP contribution in [0.2, 0.25) is 0 Å². The van der Waals surface area contributed by atoms with E-state index in [0.29, 0.717) is 17.8 Å². The van der Waals surface area contributed by atoms with Gasteiger partial charge in [-0.05, 0) is 85.9 Å². The molecule has 160 valence electrons. The molecule has 9 atom stereocenters. The number of cyclic esters (lactones) is 2. The number of rotatable bonds is 2. The molecule has 2 bridgehead atoms. The molecule has 5 heteroatoms. The summed E-state index contributed by atoms with van der Waals surface area (Å²) in [7, 11) is 0. The number of carbonyl (C=O) groups excluding carboxylic acids is 2. The summed E-state index contributed by atoms with van der Waals surface area (Å²) < 4.78 is 5.24. The number of esters is 2. The third kappa shape index (κ3) is 2.20. The van der Waals surface area contributed by atoms with E-state index in [-0.39, 0.29) is 46.4 Å². The molecule has 5 nitrogen and oxygen atoms in total. The van der Waals surface area contributed by atoms with Crippen molar-refractivity contribution in [2.45, 2.75) is 72.6 Å². The first-order valence-electron chi connectivity index (χ1n) is 11.6. The van der Waals surface area contributed by atoms with E-state index in [4.69, 9.17) is 4.74 Å². The molecule has 1 N–H and O–H groups in total. The summed E-state index contributed by atoms with van der Waals surface area (Å²) in [5.41, 5.74) is -0.964. The molecule has 6 rings (SSSR count). The van der Waals surface area contributed by atoms with Crippen molar-refractivity contribution in [3.63, 3.8) is 0 Å². The maximum atomic E-state index is 12.9. The lowest BCUT2D eigenvalue weighted by Crippen LogP contribution is -2.67. The SMILES string of the molecule is CC(C)C1CC23CCC4C(C)(C(=O)O)CCCC4(C)C2CC1C1C(=O)OC(=O)C13. The Hall–Kier alpha value is -1.39. The van der Waals surface area contributed by atoms with Gasteiger partial charge >= 0.3 is 17.9 Å². The van der Waals surface area contributed by atoms with E-state index >= 15 is 0 Å². The number of carboxylic acid groups (broad SMARTS) is 1. The van der Waals surface area contributed by atoms with Crippen LogP contribution < -0.4 is 0 Å². The number of hydrogen-bond donors (Lipinski definition) is 1. The van der Waals surface area contributed by atoms with Crippen molar-refractivity contribution in [2.24, 2.45) is 57.7 Å². The molecular weight excluding hydrogens is 368 g/mol. The zero-order valence-electron chi connectivity index (χ0n) is 18.1. The topological polar surface area (TPSA) is 80.7 Å². The number of hydrogen-bond acceptors (Lipinski definition) is 4. The number of ether oxygens (including phenoxy) is 1. The largest absolute Gasteiger partial charge is 0.481 e. The second-order valence-corrected chi connectivity index (χ2v) is 11.7. The van der Waals surface area contributed by atoms with Gasteiger partial charge in [-0.25, -0.2) is 0 Å². The number of fused-ring (bicyclic) bond motifs is 2. The molecule has 0 radical (unpaired) electrons. The van der Waals surface area contributed by atoms with E-state index in [1.165, 1.54) is 0 Å². The second-order valence-electron chi connectivity index (χ2n) is 11.7. The average molecular weight is 403 g/mol. The van der Waals surface area contributed by atoms with Gasteiger partial charge in [0.25, 0.3) is 0 Å². The molecule has 0 amide bonds. The molecule has 0 aromatic heterocycles. The minimum absolute atomic E-state index is 0.0826. The predicted octanol–water partition coefficient (Wildman–Crippen LogP) is 4.29. The van der Waals surface area contributed by atoms with Gasteiger partial charge in [-0.15, -0.1) is 0 Å². The Morgan fingerprint density at radius 2 is 1.83 bits per heavy atom. The third-order valence-electron chi connectivity index (χ3n) is 10.6. The van der Waals surface area contributed by atoms with Crippen molar-refractivity contribution < 1.29 is 24.2 Å². The highest BCUT2D eigenvalue weighted by Crippen LogP contribution is 2.76. The highest BCUT2D eigenvalue weighted by molar-refractivity contribution is 5.97. The van der Waals surface area contributed by atoms with Crippen LogP contribution in [0, 0.1) is 57.7 Å². The molecule has 1 spiro atoms. The third-order valence-corrected chi connectivity index (χ3v) is 10.6. The first-order chi connectivity index (χ1) is 13.6. The molecule has 0 aromatic carbocycles. The molecular formula is C24H34O5. The first kappa shape index (κ1) is 19.6. The Kier molecular flexibility index (Phi) is 3.95. The lowest BCUT2D eigenvalue weighted by atomic mass is 9.32. The van der Waals surface area contributed by atoms with Gasteiger partial charge in [-0.1, -0.05) is 27.2 Å². The van der Waals surface area contributed by atoms with Gasteiger partial charge in [-0.2, -0.15) is 0 Å². The summed E-state index contributed by atoms with van der Waals surface area (Å²) in [6, 6.07) is 0. The Bertz CT molecular complexity index is 788. The monoisotopic (exact) mass is 402 g/mol. The van der Waals surface area contributed by atoms with Gasteiger partial charge in [0.15, 0.2) is 0 Å². The summed E-state index contributed by atoms with van der Waals surface area (Å²) >= 11 is 0. The highest BCUT2D eigenvalue weighted by Gasteiger charge is 2.74. The van der Waals surface area contributed by atoms with Crippen LogP contribution in [0.25, 0.3) is 0 Å². The Labute approximate surface area is 172 Å². The predicted molar refractivity (Wildman–Crippen MR) is 105 cm³/mol. The molecule has 5 saturated carbocycles. The van der Waals surface area contributed by atoms with Gasteiger partial charge < -0.3 is 9.84 Å². The first-order valence-corrected chi connectivity index (χ1v) is 11.6. The minimum Gasteiger partial charge on any atom is -0.481 e. The average Bonchev–Trinajstić information content (AvgIpc) is 2.97. The van der Waals surface area contributed by atoms with Crippen LogP contribution in [0.1, 0.15) is 72.6 Å². The van der Waals surface area contributed by atoms with E-state index in [0.717, 1.165) is 44.9 Å². The summed E-state index contributed by atoms with van der Waals surface area (Å²) in [6.45, 7) is 8.74. The molecule has 6 aliphatic rings. The van der Waals surface area contributed by atoms with E-state index < -0.39 is 11.4 Å². The number of aliphatic carboxylic acids is 1. The quantitative estimate of drug-likeness (QED) is 0.550. The number of carboxylic acids is 1. The lowest BCUT2D eigenvalue weighted by Gasteiger charge is -2.70. The molecule has 5 aliphatic carbocycles. The van der Waals surface area contributed by atoms with Crippen LogP contribution in [0.15, 0.2) is 0 Å². The van der Waals surface area contributed by atoms with Gasteiger partial charge in [0.2, 0.25) is 0 Å². The molecule has 1 saturated heterocycles. The van der Waals surface area contributed by atoms with Crippen molar-refractivity contribution in [2.75, 3.05) is 0 Å². The van der Waals surface area contributed by atoms with Gasteiger partial charge in [0.05, 0.1) is 17.3 Å². The van der Waals surface area contributed by atoms with Crippen LogP contribution in [0.3, 0.4) is 0 Å². The molecule has 9 unspecified atom stereocenters. The molecule has 1 heterocycles. The van der Waals surface area contributed by atoms with Crippen molar-refractivity contribution >= 4 is 17.9 Å². The molecule has 6 fully saturated rings. The maximum absolute atomic E-state index is 12.9. The van der Waals surface area contributed by atoms with Gasteiger partial charge in [-0.3, -0.25) is 14.4 Å². The Morgan fingerprint density at radius 3 is 2.48 bits per heavy atom. The van der Waals surface area contributed by atoms with Crippen LogP contribution >= 0.6 is 0 Å². The highest BCUT2D eigenvalue weighted by atomic mass is 16.6. The second kappa shape index (κ2) is 5.85. The smallest absolute Gasteiger partial charge is 0.318 e. The summed E-state index contributed by atoms with van der Waals surface area (Å²) in [4.78, 5) is 37.9. The van der Waals surface area contributed by atoms with E-state index in [2.05, 4.69) is 20.8 Å². The van der Waals surface area contributed by atoms with Crippen molar-refractivity contribution in [1.29, 1.82) is 0 Å². The Morgan fingerprint density at radius 1 is 1.10 bits per heavy atom.